The van der Waals surface area contributed by atoms with Crippen molar-refractivity contribution in [1.82, 2.24) is 5.32 Å². The molecule has 1 fully saturated rings. The molecule has 3 rings (SSSR count). The van der Waals surface area contributed by atoms with Gasteiger partial charge in [0.2, 0.25) is 5.78 Å². The van der Waals surface area contributed by atoms with Crippen LogP contribution in [0.2, 0.25) is 5.02 Å². The third kappa shape index (κ3) is 2.47. The lowest BCUT2D eigenvalue weighted by atomic mass is 9.74. The van der Waals surface area contributed by atoms with Crippen LogP contribution in [0.15, 0.2) is 29.3 Å². The number of fused-ring (bicyclic) bond motifs is 2. The second-order valence-corrected chi connectivity index (χ2v) is 5.97. The predicted octanol–water partition coefficient (Wildman–Crippen LogP) is 2.70. The Hall–Kier alpha value is -1.39. The first kappa shape index (κ1) is 14.5. The quantitative estimate of drug-likeness (QED) is 0.930. The van der Waals surface area contributed by atoms with Gasteiger partial charge in [0.05, 0.1) is 0 Å². The molecule has 1 aliphatic heterocycles. The van der Waals surface area contributed by atoms with E-state index in [-0.39, 0.29) is 11.9 Å². The van der Waals surface area contributed by atoms with Crippen LogP contribution < -0.4 is 5.32 Å². The lowest BCUT2D eigenvalue weighted by Gasteiger charge is -2.41. The van der Waals surface area contributed by atoms with Gasteiger partial charge in [-0.25, -0.2) is 4.99 Å². The number of Topliss-reactive ketones (excluding diaryl/α,β-unsaturated/α-hetero) is 1. The van der Waals surface area contributed by atoms with Gasteiger partial charge >= 0.3 is 0 Å². The molecule has 1 heterocycles. The minimum absolute atomic E-state index is 0.0510. The minimum Gasteiger partial charge on any atom is -0.470 e. The average molecular weight is 307 g/mol. The Bertz CT molecular complexity index is 587. The molecule has 0 radical (unpaired) electrons. The summed E-state index contributed by atoms with van der Waals surface area (Å²) >= 11 is 6.34. The maximum Gasteiger partial charge on any atom is 0.205 e. The normalized spacial score (nSPS) is 28.0. The van der Waals surface area contributed by atoms with E-state index in [9.17, 15) is 4.79 Å². The summed E-state index contributed by atoms with van der Waals surface area (Å²) in [5.41, 5.74) is -0.0330. The van der Waals surface area contributed by atoms with Gasteiger partial charge < -0.3 is 10.1 Å². The maximum atomic E-state index is 12.8. The van der Waals surface area contributed by atoms with Crippen molar-refractivity contribution in [3.8, 4) is 0 Å². The van der Waals surface area contributed by atoms with Crippen molar-refractivity contribution in [2.24, 2.45) is 4.99 Å². The van der Waals surface area contributed by atoms with Gasteiger partial charge in [-0.3, -0.25) is 4.79 Å². The molecule has 1 N–H and O–H groups in total. The molecular formula is C16H19ClN2O2. The Morgan fingerprint density at radius 2 is 2.29 bits per heavy atom. The fourth-order valence-electron chi connectivity index (χ4n) is 3.16. The number of halogens is 1. The number of rotatable bonds is 4. The Morgan fingerprint density at radius 1 is 1.48 bits per heavy atom. The van der Waals surface area contributed by atoms with Gasteiger partial charge in [-0.15, -0.1) is 0 Å². The number of benzene rings is 1. The molecule has 1 aliphatic carbocycles. The molecule has 112 valence electrons. The van der Waals surface area contributed by atoms with Gasteiger partial charge in [0.25, 0.3) is 0 Å². The average Bonchev–Trinajstić information content (AvgIpc) is 2.46. The number of ketones is 1. The van der Waals surface area contributed by atoms with E-state index in [1.165, 1.54) is 0 Å². The van der Waals surface area contributed by atoms with E-state index in [1.54, 1.807) is 0 Å². The predicted molar refractivity (Wildman–Crippen MR) is 82.8 cm³/mol. The van der Waals surface area contributed by atoms with E-state index >= 15 is 0 Å². The van der Waals surface area contributed by atoms with E-state index in [0.717, 1.165) is 24.9 Å². The third-order valence-electron chi connectivity index (χ3n) is 4.21. The zero-order chi connectivity index (χ0) is 14.9. The Kier molecular flexibility index (Phi) is 4.00. The fourth-order valence-corrected chi connectivity index (χ4v) is 3.45. The Balaban J connectivity index is 2.07. The van der Waals surface area contributed by atoms with Crippen LogP contribution in [0.5, 0.6) is 0 Å². The first-order valence-electron chi connectivity index (χ1n) is 7.37. The largest absolute Gasteiger partial charge is 0.470 e. The highest BCUT2D eigenvalue weighted by Gasteiger charge is 2.51. The lowest BCUT2D eigenvalue weighted by Crippen LogP contribution is -2.51. The molecular weight excluding hydrogens is 288 g/mol. The highest BCUT2D eigenvalue weighted by Crippen LogP contribution is 2.44. The molecule has 0 amide bonds. The molecule has 0 unspecified atom stereocenters. The molecule has 0 spiro atoms. The molecule has 21 heavy (non-hydrogen) atoms. The summed E-state index contributed by atoms with van der Waals surface area (Å²) in [6.07, 6.45) is 2.71. The smallest absolute Gasteiger partial charge is 0.205 e. The molecule has 5 heteroatoms. The van der Waals surface area contributed by atoms with Crippen LogP contribution in [0, 0.1) is 0 Å². The zero-order valence-electron chi connectivity index (χ0n) is 12.1. The fraction of sp³-hybridized carbons (Fsp3) is 0.500. The Morgan fingerprint density at radius 3 is 3.05 bits per heavy atom. The van der Waals surface area contributed by atoms with E-state index in [4.69, 9.17) is 21.3 Å². The topological polar surface area (TPSA) is 50.7 Å². The van der Waals surface area contributed by atoms with Crippen molar-refractivity contribution in [3.63, 3.8) is 0 Å². The summed E-state index contributed by atoms with van der Waals surface area (Å²) in [4.78, 5) is 17.5. The summed E-state index contributed by atoms with van der Waals surface area (Å²) in [6, 6.07) is 7.51. The summed E-state index contributed by atoms with van der Waals surface area (Å²) in [5, 5.41) is 3.69. The summed E-state index contributed by atoms with van der Waals surface area (Å²) in [6.45, 7) is 0.776. The van der Waals surface area contributed by atoms with Gasteiger partial charge in [-0.2, -0.15) is 0 Å². The number of hydrogen-bond acceptors (Lipinski definition) is 4. The molecule has 1 saturated carbocycles. The highest BCUT2D eigenvalue weighted by atomic mass is 35.5. The number of nitrogens with zero attached hydrogens (tertiary/aromatic N) is 1. The first-order valence-corrected chi connectivity index (χ1v) is 7.74. The molecule has 1 aromatic carbocycles. The second kappa shape index (κ2) is 5.78. The minimum atomic E-state index is -0.845. The van der Waals surface area contributed by atoms with E-state index in [0.29, 0.717) is 23.8 Å². The van der Waals surface area contributed by atoms with Gasteiger partial charge in [-0.1, -0.05) is 29.8 Å². The van der Waals surface area contributed by atoms with Crippen LogP contribution >= 0.6 is 11.6 Å². The van der Waals surface area contributed by atoms with Crippen molar-refractivity contribution in [1.29, 1.82) is 0 Å². The highest BCUT2D eigenvalue weighted by molar-refractivity contribution is 6.32. The Labute approximate surface area is 129 Å². The van der Waals surface area contributed by atoms with E-state index < -0.39 is 5.54 Å². The number of ether oxygens (including phenoxy) is 1. The van der Waals surface area contributed by atoms with Crippen molar-refractivity contribution in [2.75, 3.05) is 13.6 Å². The number of aliphatic imine (C=N–C) groups is 1. The molecule has 0 aromatic heterocycles. The number of nitrogens with one attached hydrogen (secondary N) is 1. The van der Waals surface area contributed by atoms with Crippen LogP contribution in [0.3, 0.4) is 0 Å². The van der Waals surface area contributed by atoms with Crippen molar-refractivity contribution in [3.05, 3.63) is 34.9 Å². The molecule has 2 bridgehead atoms. The summed E-state index contributed by atoms with van der Waals surface area (Å²) in [7, 11) is 1.89. The van der Waals surface area contributed by atoms with Crippen LogP contribution in [0.4, 0.5) is 0 Å². The molecule has 2 aliphatic rings. The van der Waals surface area contributed by atoms with Crippen molar-refractivity contribution >= 4 is 23.3 Å². The first-order chi connectivity index (χ1) is 10.2. The number of carbonyl (C=O) groups excluding carboxylic acids is 1. The van der Waals surface area contributed by atoms with Gasteiger partial charge in [0, 0.05) is 23.6 Å². The number of carbonyl (C=O) groups is 1. The summed E-state index contributed by atoms with van der Waals surface area (Å²) in [5.74, 6) is 0.712. The molecule has 4 nitrogen and oxygen atoms in total. The second-order valence-electron chi connectivity index (χ2n) is 5.56. The van der Waals surface area contributed by atoms with Crippen LogP contribution in [0.1, 0.15) is 31.2 Å². The SMILES string of the molecule is CNCCC1=N[C@]2(c3ccccc3Cl)CCC[C@H](O1)C2=O. The van der Waals surface area contributed by atoms with E-state index in [2.05, 4.69) is 5.32 Å². The van der Waals surface area contributed by atoms with Crippen LogP contribution in [-0.4, -0.2) is 31.4 Å². The zero-order valence-corrected chi connectivity index (χ0v) is 12.8. The van der Waals surface area contributed by atoms with Crippen LogP contribution in [-0.2, 0) is 15.1 Å². The monoisotopic (exact) mass is 306 g/mol. The third-order valence-corrected chi connectivity index (χ3v) is 4.54. The lowest BCUT2D eigenvalue weighted by molar-refractivity contribution is -0.137. The van der Waals surface area contributed by atoms with Crippen molar-refractivity contribution < 1.29 is 9.53 Å². The van der Waals surface area contributed by atoms with Gasteiger partial charge in [0.15, 0.2) is 17.5 Å². The number of hydrogen-bond donors (Lipinski definition) is 1. The maximum absolute atomic E-state index is 12.8. The molecule has 2 atom stereocenters. The molecule has 1 aromatic rings. The standard InChI is InChI=1S/C16H19ClN2O2/c1-18-10-8-14-19-16(11-5-2-3-6-12(11)17)9-4-7-13(21-14)15(16)20/h2-3,5-6,13,18H,4,7-10H2,1H3/t13-,16-/m0/s1. The van der Waals surface area contributed by atoms with Crippen LogP contribution in [0.25, 0.3) is 0 Å². The van der Waals surface area contributed by atoms with Gasteiger partial charge in [0.1, 0.15) is 0 Å². The summed E-state index contributed by atoms with van der Waals surface area (Å²) < 4.78 is 5.78. The molecule has 0 saturated heterocycles. The van der Waals surface area contributed by atoms with E-state index in [1.807, 2.05) is 31.3 Å². The van der Waals surface area contributed by atoms with Crippen molar-refractivity contribution in [2.45, 2.75) is 37.3 Å². The van der Waals surface area contributed by atoms with Gasteiger partial charge in [-0.05, 0) is 32.4 Å².